The Bertz CT molecular complexity index is 1020. The zero-order chi connectivity index (χ0) is 20.4. The molecule has 0 bridgehead atoms. The van der Waals surface area contributed by atoms with Crippen LogP contribution in [-0.4, -0.2) is 24.2 Å². The second-order valence-electron chi connectivity index (χ2n) is 6.46. The van der Waals surface area contributed by atoms with Crippen molar-refractivity contribution in [3.63, 3.8) is 0 Å². The molecule has 7 heteroatoms. The van der Waals surface area contributed by atoms with Crippen molar-refractivity contribution >= 4 is 35.0 Å². The summed E-state index contributed by atoms with van der Waals surface area (Å²) in [5.74, 6) is 1.55. The summed E-state index contributed by atoms with van der Waals surface area (Å²) in [6, 6.07) is 19.8. The average Bonchev–Trinajstić information content (AvgIpc) is 2.86. The lowest BCUT2D eigenvalue weighted by atomic mass is 10.1. The molecule has 29 heavy (non-hydrogen) atoms. The molecule has 1 heterocycles. The number of hydrogen-bond acceptors (Lipinski definition) is 5. The lowest BCUT2D eigenvalue weighted by Crippen LogP contribution is -2.30. The van der Waals surface area contributed by atoms with Crippen LogP contribution in [-0.2, 0) is 4.79 Å². The van der Waals surface area contributed by atoms with E-state index in [1.807, 2.05) is 30.3 Å². The van der Waals surface area contributed by atoms with Gasteiger partial charge in [0.1, 0.15) is 23.4 Å². The molecule has 0 radical (unpaired) electrons. The Kier molecular flexibility index (Phi) is 5.67. The smallest absolute Gasteiger partial charge is 0.254 e. The number of nitrogens with one attached hydrogen (secondary N) is 1. The van der Waals surface area contributed by atoms with E-state index in [9.17, 15) is 9.90 Å². The minimum atomic E-state index is -1.19. The molecule has 148 valence electrons. The summed E-state index contributed by atoms with van der Waals surface area (Å²) in [6.07, 6.45) is -1.19. The minimum Gasteiger partial charge on any atom is -0.497 e. The van der Waals surface area contributed by atoms with Gasteiger partial charge in [-0.15, -0.1) is 11.8 Å². The van der Waals surface area contributed by atoms with E-state index in [2.05, 4.69) is 5.32 Å². The maximum absolute atomic E-state index is 12.4. The van der Waals surface area contributed by atoms with Gasteiger partial charge < -0.3 is 19.9 Å². The van der Waals surface area contributed by atoms with Gasteiger partial charge in [0.15, 0.2) is 0 Å². The number of aliphatic hydroxyl groups excluding tert-OH is 1. The molecule has 0 saturated carbocycles. The Morgan fingerprint density at radius 1 is 0.966 bits per heavy atom. The number of amides is 1. The topological polar surface area (TPSA) is 67.8 Å². The predicted octanol–water partition coefficient (Wildman–Crippen LogP) is 5.29. The number of aliphatic hydroxyl groups is 1. The van der Waals surface area contributed by atoms with Crippen molar-refractivity contribution in [3.8, 4) is 17.2 Å². The fourth-order valence-electron chi connectivity index (χ4n) is 2.99. The zero-order valence-corrected chi connectivity index (χ0v) is 17.0. The van der Waals surface area contributed by atoms with Gasteiger partial charge in [-0.1, -0.05) is 23.7 Å². The molecule has 2 N–H and O–H groups in total. The van der Waals surface area contributed by atoms with Crippen LogP contribution in [0.1, 0.15) is 10.8 Å². The molecule has 0 aliphatic carbocycles. The third-order valence-electron chi connectivity index (χ3n) is 4.51. The Morgan fingerprint density at radius 3 is 2.31 bits per heavy atom. The average molecular weight is 428 g/mol. The number of halogens is 1. The normalized spacial score (nSPS) is 18.4. The van der Waals surface area contributed by atoms with Crippen LogP contribution in [0.25, 0.3) is 0 Å². The Hall–Kier alpha value is -2.67. The molecule has 1 aliphatic heterocycles. The molecule has 3 aromatic rings. The molecule has 0 spiro atoms. The summed E-state index contributed by atoms with van der Waals surface area (Å²) in [7, 11) is 1.59. The third kappa shape index (κ3) is 4.34. The molecule has 3 aromatic carbocycles. The number of anilines is 1. The fraction of sp³-hybridized carbons (Fsp3) is 0.136. The van der Waals surface area contributed by atoms with Gasteiger partial charge >= 0.3 is 0 Å². The van der Waals surface area contributed by atoms with Crippen molar-refractivity contribution in [1.82, 2.24) is 0 Å². The second-order valence-corrected chi connectivity index (χ2v) is 8.08. The predicted molar refractivity (Wildman–Crippen MR) is 114 cm³/mol. The number of hydrogen-bond donors (Lipinski definition) is 2. The molecule has 4 rings (SSSR count). The molecule has 2 atom stereocenters. The van der Waals surface area contributed by atoms with Gasteiger partial charge in [-0.2, -0.15) is 0 Å². The highest BCUT2D eigenvalue weighted by molar-refractivity contribution is 7.99. The highest BCUT2D eigenvalue weighted by atomic mass is 35.5. The molecule has 0 saturated heterocycles. The summed E-state index contributed by atoms with van der Waals surface area (Å²) in [6.45, 7) is 0. The quantitative estimate of drug-likeness (QED) is 0.592. The number of carbonyl (C=O) groups is 1. The first kappa shape index (κ1) is 19.6. The van der Waals surface area contributed by atoms with E-state index in [-0.39, 0.29) is 0 Å². The number of thioether (sulfide) groups is 1. The van der Waals surface area contributed by atoms with Crippen molar-refractivity contribution in [2.24, 2.45) is 0 Å². The summed E-state index contributed by atoms with van der Waals surface area (Å²) in [5, 5.41) is 13.5. The first-order valence-electron chi connectivity index (χ1n) is 8.90. The van der Waals surface area contributed by atoms with Crippen LogP contribution in [0.2, 0.25) is 5.02 Å². The van der Waals surface area contributed by atoms with E-state index in [4.69, 9.17) is 21.1 Å². The Balaban J connectivity index is 1.64. The van der Waals surface area contributed by atoms with Gasteiger partial charge in [0.2, 0.25) is 0 Å². The van der Waals surface area contributed by atoms with Crippen molar-refractivity contribution in [3.05, 3.63) is 77.3 Å². The summed E-state index contributed by atoms with van der Waals surface area (Å²) in [5.41, 5.74) is 1.47. The highest BCUT2D eigenvalue weighted by Crippen LogP contribution is 2.45. The molecule has 5 nitrogen and oxygen atoms in total. The van der Waals surface area contributed by atoms with Crippen LogP contribution in [0.4, 0.5) is 5.69 Å². The first-order valence-corrected chi connectivity index (χ1v) is 10.2. The standard InChI is InChI=1S/C22H18ClNO4S/c1-27-15-6-2-13(3-7-15)21-20(25)22(26)24-18-11-10-17(12-19(18)29-21)28-16-8-4-14(23)5-9-16/h2-12,20-21,25H,1H3,(H,24,26)/t20-,21+/m1/s1. The zero-order valence-electron chi connectivity index (χ0n) is 15.5. The van der Waals surface area contributed by atoms with E-state index in [0.717, 1.165) is 10.5 Å². The monoisotopic (exact) mass is 427 g/mol. The highest BCUT2D eigenvalue weighted by Gasteiger charge is 2.33. The number of fused-ring (bicyclic) bond motifs is 1. The fourth-order valence-corrected chi connectivity index (χ4v) is 4.37. The maximum Gasteiger partial charge on any atom is 0.254 e. The van der Waals surface area contributed by atoms with E-state index < -0.39 is 17.3 Å². The summed E-state index contributed by atoms with van der Waals surface area (Å²) in [4.78, 5) is 13.3. The summed E-state index contributed by atoms with van der Waals surface area (Å²) >= 11 is 7.33. The van der Waals surface area contributed by atoms with Crippen molar-refractivity contribution in [2.75, 3.05) is 12.4 Å². The van der Waals surface area contributed by atoms with Crippen LogP contribution >= 0.6 is 23.4 Å². The van der Waals surface area contributed by atoms with E-state index >= 15 is 0 Å². The minimum absolute atomic E-state index is 0.441. The van der Waals surface area contributed by atoms with Crippen LogP contribution in [0.15, 0.2) is 71.6 Å². The summed E-state index contributed by atoms with van der Waals surface area (Å²) < 4.78 is 11.1. The van der Waals surface area contributed by atoms with Crippen LogP contribution in [0.5, 0.6) is 17.2 Å². The number of methoxy groups -OCH3 is 1. The van der Waals surface area contributed by atoms with Gasteiger partial charge in [-0.3, -0.25) is 4.79 Å². The Labute approximate surface area is 177 Å². The van der Waals surface area contributed by atoms with Crippen LogP contribution in [0.3, 0.4) is 0 Å². The third-order valence-corrected chi connectivity index (χ3v) is 6.14. The first-order chi connectivity index (χ1) is 14.0. The van der Waals surface area contributed by atoms with Crippen molar-refractivity contribution < 1.29 is 19.4 Å². The van der Waals surface area contributed by atoms with Gasteiger partial charge in [0, 0.05) is 9.92 Å². The van der Waals surface area contributed by atoms with Crippen LogP contribution < -0.4 is 14.8 Å². The maximum atomic E-state index is 12.4. The lowest BCUT2D eigenvalue weighted by Gasteiger charge is -2.19. The molecular weight excluding hydrogens is 410 g/mol. The number of benzene rings is 3. The number of carbonyl (C=O) groups excluding carboxylic acids is 1. The number of rotatable bonds is 4. The molecule has 0 fully saturated rings. The van der Waals surface area contributed by atoms with E-state index in [0.29, 0.717) is 28.0 Å². The van der Waals surface area contributed by atoms with Gasteiger partial charge in [-0.05, 0) is 60.2 Å². The molecule has 1 aliphatic rings. The van der Waals surface area contributed by atoms with Gasteiger partial charge in [0.25, 0.3) is 5.91 Å². The molecule has 0 aromatic heterocycles. The second kappa shape index (κ2) is 8.37. The SMILES string of the molecule is COc1ccc([C@@H]2Sc3cc(Oc4ccc(Cl)cc4)ccc3NC(=O)[C@@H]2O)cc1. The molecule has 0 unspecified atom stereocenters. The van der Waals surface area contributed by atoms with E-state index in [1.165, 1.54) is 11.8 Å². The number of ether oxygens (including phenoxy) is 2. The largest absolute Gasteiger partial charge is 0.497 e. The van der Waals surface area contributed by atoms with Crippen molar-refractivity contribution in [2.45, 2.75) is 16.2 Å². The van der Waals surface area contributed by atoms with Crippen molar-refractivity contribution in [1.29, 1.82) is 0 Å². The Morgan fingerprint density at radius 2 is 1.62 bits per heavy atom. The lowest BCUT2D eigenvalue weighted by molar-refractivity contribution is -0.124. The van der Waals surface area contributed by atoms with Gasteiger partial charge in [0.05, 0.1) is 18.0 Å². The molecule has 1 amide bonds. The van der Waals surface area contributed by atoms with Crippen LogP contribution in [0, 0.1) is 0 Å². The molecular formula is C22H18ClNO4S. The van der Waals surface area contributed by atoms with Gasteiger partial charge in [-0.25, -0.2) is 0 Å². The van der Waals surface area contributed by atoms with E-state index in [1.54, 1.807) is 43.5 Å².